The molecule has 2 aromatic carbocycles. The Morgan fingerprint density at radius 2 is 1.81 bits per heavy atom. The van der Waals surface area contributed by atoms with Gasteiger partial charge in [0.25, 0.3) is 0 Å². The normalized spacial score (nSPS) is 13.0. The van der Waals surface area contributed by atoms with Gasteiger partial charge in [-0.1, -0.05) is 47.7 Å². The molecule has 0 aliphatic carbocycles. The van der Waals surface area contributed by atoms with Crippen LogP contribution in [0.4, 0.5) is 5.13 Å². The van der Waals surface area contributed by atoms with Crippen molar-refractivity contribution in [1.82, 2.24) is 4.98 Å². The molecule has 0 saturated heterocycles. The van der Waals surface area contributed by atoms with E-state index in [1.165, 1.54) is 11.3 Å². The summed E-state index contributed by atoms with van der Waals surface area (Å²) in [5.74, 6) is -0.620. The van der Waals surface area contributed by atoms with Crippen molar-refractivity contribution < 1.29 is 13.6 Å². The maximum Gasteiger partial charge on any atom is 0.357 e. The van der Waals surface area contributed by atoms with Crippen molar-refractivity contribution >= 4 is 34.3 Å². The Labute approximate surface area is 157 Å². The molecule has 138 valence electrons. The van der Waals surface area contributed by atoms with Crippen LogP contribution in [0.25, 0.3) is 10.2 Å². The second kappa shape index (κ2) is 8.31. The van der Waals surface area contributed by atoms with Gasteiger partial charge in [0.15, 0.2) is 10.9 Å². The first kappa shape index (κ1) is 19.1. The van der Waals surface area contributed by atoms with E-state index in [4.69, 9.17) is 9.05 Å². The maximum atomic E-state index is 13.5. The SMILES string of the molecule is CCOP(=O)(OCC)C(Nc1nc2cc(C)ccc2s1)c1ccccc1. The van der Waals surface area contributed by atoms with Gasteiger partial charge in [-0.2, -0.15) is 0 Å². The first-order chi connectivity index (χ1) is 12.6. The van der Waals surface area contributed by atoms with Crippen LogP contribution in [0.2, 0.25) is 0 Å². The zero-order valence-corrected chi connectivity index (χ0v) is 16.8. The second-order valence-corrected chi connectivity index (χ2v) is 8.97. The molecule has 3 aromatic rings. The Morgan fingerprint density at radius 1 is 1.12 bits per heavy atom. The molecule has 0 aliphatic heterocycles. The van der Waals surface area contributed by atoms with Crippen LogP contribution in [0.1, 0.15) is 30.8 Å². The summed E-state index contributed by atoms with van der Waals surface area (Å²) in [5.41, 5.74) is 2.92. The molecule has 5 nitrogen and oxygen atoms in total. The predicted octanol–water partition coefficient (Wildman–Crippen LogP) is 5.98. The van der Waals surface area contributed by atoms with Gasteiger partial charge in [0.1, 0.15) is 0 Å². The van der Waals surface area contributed by atoms with Crippen LogP contribution in [-0.4, -0.2) is 18.2 Å². The number of rotatable bonds is 8. The van der Waals surface area contributed by atoms with Gasteiger partial charge >= 0.3 is 7.60 Å². The number of nitrogens with one attached hydrogen (secondary N) is 1. The van der Waals surface area contributed by atoms with Crippen molar-refractivity contribution in [2.45, 2.75) is 26.6 Å². The summed E-state index contributed by atoms with van der Waals surface area (Å²) in [5, 5.41) is 4.00. The molecule has 0 fully saturated rings. The standard InChI is InChI=1S/C19H23N2O3PS/c1-4-23-25(22,24-5-2)18(15-9-7-6-8-10-15)21-19-20-16-13-14(3)11-12-17(16)26-19/h6-13,18H,4-5H2,1-3H3,(H,20,21). The van der Waals surface area contributed by atoms with Gasteiger partial charge in [-0.3, -0.25) is 4.57 Å². The quantitative estimate of drug-likeness (QED) is 0.479. The number of hydrogen-bond acceptors (Lipinski definition) is 6. The number of hydrogen-bond donors (Lipinski definition) is 1. The van der Waals surface area contributed by atoms with Crippen LogP contribution in [0.5, 0.6) is 0 Å². The number of benzene rings is 2. The van der Waals surface area contributed by atoms with E-state index in [0.717, 1.165) is 21.3 Å². The number of aryl methyl sites for hydroxylation is 1. The molecule has 26 heavy (non-hydrogen) atoms. The Balaban J connectivity index is 2.00. The molecular formula is C19H23N2O3PS. The lowest BCUT2D eigenvalue weighted by Crippen LogP contribution is -2.15. The lowest BCUT2D eigenvalue weighted by molar-refractivity contribution is 0.214. The van der Waals surface area contributed by atoms with Gasteiger partial charge in [-0.15, -0.1) is 0 Å². The van der Waals surface area contributed by atoms with Gasteiger partial charge < -0.3 is 14.4 Å². The number of nitrogens with zero attached hydrogens (tertiary/aromatic N) is 1. The third-order valence-electron chi connectivity index (χ3n) is 3.85. The minimum Gasteiger partial charge on any atom is -0.344 e. The average molecular weight is 390 g/mol. The van der Waals surface area contributed by atoms with Crippen molar-refractivity contribution in [2.24, 2.45) is 0 Å². The summed E-state index contributed by atoms with van der Waals surface area (Å²) in [7, 11) is -3.41. The van der Waals surface area contributed by atoms with Crippen molar-refractivity contribution in [1.29, 1.82) is 0 Å². The maximum absolute atomic E-state index is 13.5. The Morgan fingerprint density at radius 3 is 2.46 bits per heavy atom. The first-order valence-corrected chi connectivity index (χ1v) is 11.1. The molecule has 1 atom stereocenters. The van der Waals surface area contributed by atoms with E-state index < -0.39 is 13.4 Å². The fourth-order valence-corrected chi connectivity index (χ4v) is 5.61. The highest BCUT2D eigenvalue weighted by molar-refractivity contribution is 7.54. The summed E-state index contributed by atoms with van der Waals surface area (Å²) >= 11 is 1.53. The van der Waals surface area contributed by atoms with E-state index in [0.29, 0.717) is 18.3 Å². The van der Waals surface area contributed by atoms with E-state index in [2.05, 4.69) is 22.4 Å². The molecule has 0 aliphatic rings. The van der Waals surface area contributed by atoms with Gasteiger partial charge in [0.2, 0.25) is 0 Å². The van der Waals surface area contributed by atoms with Crippen LogP contribution < -0.4 is 5.32 Å². The monoisotopic (exact) mass is 390 g/mol. The minimum atomic E-state index is -3.41. The molecule has 1 heterocycles. The van der Waals surface area contributed by atoms with Crippen molar-refractivity contribution in [2.75, 3.05) is 18.5 Å². The lowest BCUT2D eigenvalue weighted by atomic mass is 10.2. The molecular weight excluding hydrogens is 367 g/mol. The molecule has 0 radical (unpaired) electrons. The van der Waals surface area contributed by atoms with Gasteiger partial charge in [-0.05, 0) is 44.0 Å². The summed E-state index contributed by atoms with van der Waals surface area (Å²) in [6.07, 6.45) is 0. The highest BCUT2D eigenvalue weighted by Crippen LogP contribution is 2.61. The summed E-state index contributed by atoms with van der Waals surface area (Å²) < 4.78 is 25.7. The third kappa shape index (κ3) is 4.15. The largest absolute Gasteiger partial charge is 0.357 e. The lowest BCUT2D eigenvalue weighted by Gasteiger charge is -2.27. The van der Waals surface area contributed by atoms with E-state index in [-0.39, 0.29) is 0 Å². The number of aromatic nitrogens is 1. The van der Waals surface area contributed by atoms with E-state index in [9.17, 15) is 4.57 Å². The van der Waals surface area contributed by atoms with E-state index in [1.54, 1.807) is 0 Å². The number of thiazole rings is 1. The molecule has 0 amide bonds. The molecule has 0 saturated carbocycles. The predicted molar refractivity (Wildman–Crippen MR) is 108 cm³/mol. The van der Waals surface area contributed by atoms with Gasteiger partial charge in [-0.25, -0.2) is 4.98 Å². The molecule has 0 bridgehead atoms. The smallest absolute Gasteiger partial charge is 0.344 e. The van der Waals surface area contributed by atoms with Crippen LogP contribution in [-0.2, 0) is 13.6 Å². The van der Waals surface area contributed by atoms with E-state index in [1.807, 2.05) is 57.2 Å². The third-order valence-corrected chi connectivity index (χ3v) is 7.12. The van der Waals surface area contributed by atoms with Crippen LogP contribution in [0.15, 0.2) is 48.5 Å². The Kier molecular flexibility index (Phi) is 6.09. The van der Waals surface area contributed by atoms with E-state index >= 15 is 0 Å². The molecule has 3 rings (SSSR count). The van der Waals surface area contributed by atoms with Crippen molar-refractivity contribution in [3.63, 3.8) is 0 Å². The highest BCUT2D eigenvalue weighted by atomic mass is 32.1. The van der Waals surface area contributed by atoms with Crippen LogP contribution in [0.3, 0.4) is 0 Å². The van der Waals surface area contributed by atoms with Crippen LogP contribution in [0, 0.1) is 6.92 Å². The summed E-state index contributed by atoms with van der Waals surface area (Å²) in [6.45, 7) is 6.28. The fourth-order valence-electron chi connectivity index (χ4n) is 2.74. The van der Waals surface area contributed by atoms with Crippen molar-refractivity contribution in [3.05, 3.63) is 59.7 Å². The second-order valence-electron chi connectivity index (χ2n) is 5.82. The summed E-state index contributed by atoms with van der Waals surface area (Å²) in [6, 6.07) is 15.7. The molecule has 7 heteroatoms. The van der Waals surface area contributed by atoms with Crippen molar-refractivity contribution in [3.8, 4) is 0 Å². The number of anilines is 1. The van der Waals surface area contributed by atoms with Crippen LogP contribution >= 0.6 is 18.9 Å². The Bertz CT molecular complexity index is 904. The minimum absolute atomic E-state index is 0.307. The first-order valence-electron chi connectivity index (χ1n) is 8.63. The zero-order chi connectivity index (χ0) is 18.6. The number of fused-ring (bicyclic) bond motifs is 1. The topological polar surface area (TPSA) is 60.5 Å². The molecule has 1 aromatic heterocycles. The molecule has 0 spiro atoms. The average Bonchev–Trinajstić information content (AvgIpc) is 3.02. The zero-order valence-electron chi connectivity index (χ0n) is 15.1. The molecule has 1 unspecified atom stereocenters. The van der Waals surface area contributed by atoms with Gasteiger partial charge in [0.05, 0.1) is 23.4 Å². The molecule has 1 N–H and O–H groups in total. The fraction of sp³-hybridized carbons (Fsp3) is 0.316. The summed E-state index contributed by atoms with van der Waals surface area (Å²) in [4.78, 5) is 4.65. The Hall–Kier alpha value is -1.72. The van der Waals surface area contributed by atoms with Gasteiger partial charge in [0, 0.05) is 0 Å². The highest BCUT2D eigenvalue weighted by Gasteiger charge is 2.37.